The number of aromatic hydroxyl groups is 1. The van der Waals surface area contributed by atoms with E-state index in [1.807, 2.05) is 0 Å². The van der Waals surface area contributed by atoms with E-state index in [2.05, 4.69) is 25.5 Å². The van der Waals surface area contributed by atoms with Crippen LogP contribution in [0.2, 0.25) is 0 Å². The summed E-state index contributed by atoms with van der Waals surface area (Å²) in [7, 11) is 1.40. The van der Waals surface area contributed by atoms with Gasteiger partial charge in [0.1, 0.15) is 18.0 Å². The number of hydrogen-bond donors (Lipinski definition) is 3. The largest absolute Gasteiger partial charge is 0.507 e. The Bertz CT molecular complexity index is 1000. The van der Waals surface area contributed by atoms with Crippen molar-refractivity contribution >= 4 is 17.6 Å². The molecule has 0 atom stereocenters. The Kier molecular flexibility index (Phi) is 5.08. The molecule has 2 aromatic rings. The number of phenols is 1. The molecule has 0 unspecified atom stereocenters. The molecule has 0 saturated heterocycles. The molecule has 0 saturated carbocycles. The fourth-order valence-corrected chi connectivity index (χ4v) is 2.70. The standard InChI is InChI=1S/C18H15F2N5O3/c1-21-11-3-4-12(26)15(14(11)10-5-6-22-7-13(10)28-2)16(27)25-17-23-8-18(19,20)9-24-17/h3-7,26H,8-9H2,2H3,(H2,23,24,25,27). The Balaban J connectivity index is 2.07. The molecular formula is C18H15F2N5O3. The molecule has 0 bridgehead atoms. The number of phenolic OH excluding ortho intramolecular Hbond substituents is 1. The number of alkyl halides is 2. The average Bonchev–Trinajstić information content (AvgIpc) is 2.69. The first kappa shape index (κ1) is 19.0. The lowest BCUT2D eigenvalue weighted by atomic mass is 9.96. The summed E-state index contributed by atoms with van der Waals surface area (Å²) >= 11 is 0. The van der Waals surface area contributed by atoms with E-state index in [9.17, 15) is 18.7 Å². The Labute approximate surface area is 158 Å². The van der Waals surface area contributed by atoms with Gasteiger partial charge < -0.3 is 15.2 Å². The Hall–Kier alpha value is -3.74. The number of nitrogens with zero attached hydrogens (tertiary/aromatic N) is 3. The molecule has 28 heavy (non-hydrogen) atoms. The molecule has 1 amide bonds. The van der Waals surface area contributed by atoms with Crippen molar-refractivity contribution in [3.05, 3.63) is 47.6 Å². The third-order valence-corrected chi connectivity index (χ3v) is 4.00. The number of amides is 1. The molecule has 1 aliphatic rings. The first-order valence-electron chi connectivity index (χ1n) is 8.05. The number of halogens is 2. The van der Waals surface area contributed by atoms with E-state index < -0.39 is 24.9 Å². The fraction of sp³-hybridized carbons (Fsp3) is 0.222. The zero-order chi connectivity index (χ0) is 20.3. The van der Waals surface area contributed by atoms with Gasteiger partial charge in [0, 0.05) is 17.3 Å². The molecule has 1 aromatic carbocycles. The lowest BCUT2D eigenvalue weighted by Crippen LogP contribution is -2.50. The minimum atomic E-state index is -3.00. The molecule has 0 spiro atoms. The fourth-order valence-electron chi connectivity index (χ4n) is 2.70. The van der Waals surface area contributed by atoms with Gasteiger partial charge >= 0.3 is 0 Å². The highest BCUT2D eigenvalue weighted by molar-refractivity contribution is 6.13. The second-order valence-corrected chi connectivity index (χ2v) is 5.87. The summed E-state index contributed by atoms with van der Waals surface area (Å²) in [5, 5.41) is 15.0. The smallest absolute Gasteiger partial charge is 0.284 e. The molecular weight excluding hydrogens is 372 g/mol. The molecule has 3 N–H and O–H groups in total. The quantitative estimate of drug-likeness (QED) is 0.702. The van der Waals surface area contributed by atoms with Crippen LogP contribution in [0.5, 0.6) is 11.5 Å². The number of hydrogen-bond acceptors (Lipinski definition) is 6. The van der Waals surface area contributed by atoms with Crippen LogP contribution in [0, 0.1) is 6.57 Å². The highest BCUT2D eigenvalue weighted by Crippen LogP contribution is 2.42. The zero-order valence-electron chi connectivity index (χ0n) is 14.7. The number of ether oxygens (including phenoxy) is 1. The number of guanidine groups is 1. The maximum Gasteiger partial charge on any atom is 0.284 e. The van der Waals surface area contributed by atoms with E-state index in [4.69, 9.17) is 11.3 Å². The highest BCUT2D eigenvalue weighted by Gasteiger charge is 2.33. The number of aromatic nitrogens is 1. The first-order chi connectivity index (χ1) is 13.4. The second-order valence-electron chi connectivity index (χ2n) is 5.87. The van der Waals surface area contributed by atoms with Crippen molar-refractivity contribution < 1.29 is 23.4 Å². The Morgan fingerprint density at radius 2 is 2.21 bits per heavy atom. The van der Waals surface area contributed by atoms with E-state index in [0.29, 0.717) is 11.3 Å². The summed E-state index contributed by atoms with van der Waals surface area (Å²) < 4.78 is 31.6. The Morgan fingerprint density at radius 1 is 1.43 bits per heavy atom. The summed E-state index contributed by atoms with van der Waals surface area (Å²) in [6.07, 6.45) is 2.86. The Morgan fingerprint density at radius 3 is 2.86 bits per heavy atom. The third kappa shape index (κ3) is 3.68. The van der Waals surface area contributed by atoms with Gasteiger partial charge in [-0.25, -0.2) is 18.6 Å². The molecule has 0 fully saturated rings. The van der Waals surface area contributed by atoms with Crippen LogP contribution in [-0.2, 0) is 0 Å². The predicted octanol–water partition coefficient (Wildman–Crippen LogP) is 2.34. The van der Waals surface area contributed by atoms with Crippen molar-refractivity contribution in [1.29, 1.82) is 0 Å². The molecule has 8 nitrogen and oxygen atoms in total. The molecule has 144 valence electrons. The first-order valence-corrected chi connectivity index (χ1v) is 8.05. The van der Waals surface area contributed by atoms with Gasteiger partial charge in [0.25, 0.3) is 11.8 Å². The van der Waals surface area contributed by atoms with Crippen LogP contribution < -0.4 is 15.4 Å². The van der Waals surface area contributed by atoms with Gasteiger partial charge in [-0.1, -0.05) is 6.07 Å². The van der Waals surface area contributed by atoms with E-state index >= 15 is 0 Å². The number of rotatable bonds is 3. The van der Waals surface area contributed by atoms with Crippen molar-refractivity contribution in [2.45, 2.75) is 5.92 Å². The van der Waals surface area contributed by atoms with Crippen LogP contribution in [0.25, 0.3) is 16.0 Å². The molecule has 2 heterocycles. The summed E-state index contributed by atoms with van der Waals surface area (Å²) in [5.74, 6) is -4.06. The van der Waals surface area contributed by atoms with Gasteiger partial charge in [0.2, 0.25) is 0 Å². The van der Waals surface area contributed by atoms with Gasteiger partial charge in [-0.05, 0) is 12.1 Å². The third-order valence-electron chi connectivity index (χ3n) is 4.00. The van der Waals surface area contributed by atoms with Crippen molar-refractivity contribution in [3.8, 4) is 22.6 Å². The van der Waals surface area contributed by atoms with Crippen LogP contribution >= 0.6 is 0 Å². The topological polar surface area (TPSA) is 100 Å². The van der Waals surface area contributed by atoms with Crippen LogP contribution in [0.1, 0.15) is 10.4 Å². The van der Waals surface area contributed by atoms with Crippen LogP contribution in [0.15, 0.2) is 35.6 Å². The lowest BCUT2D eigenvalue weighted by molar-refractivity contribution is 0.0120. The van der Waals surface area contributed by atoms with E-state index in [-0.39, 0.29) is 28.5 Å². The number of benzene rings is 1. The van der Waals surface area contributed by atoms with Gasteiger partial charge in [0.05, 0.1) is 32.0 Å². The minimum Gasteiger partial charge on any atom is -0.507 e. The number of carbonyl (C=O) groups is 1. The number of pyridine rings is 1. The predicted molar refractivity (Wildman–Crippen MR) is 96.9 cm³/mol. The van der Waals surface area contributed by atoms with Crippen molar-refractivity contribution in [3.63, 3.8) is 0 Å². The lowest BCUT2D eigenvalue weighted by Gasteiger charge is -2.23. The van der Waals surface area contributed by atoms with E-state index in [0.717, 1.165) is 0 Å². The normalized spacial score (nSPS) is 15.0. The number of nitrogens with one attached hydrogen (secondary N) is 2. The monoisotopic (exact) mass is 387 g/mol. The highest BCUT2D eigenvalue weighted by atomic mass is 19.3. The van der Waals surface area contributed by atoms with Gasteiger partial charge in [-0.2, -0.15) is 0 Å². The van der Waals surface area contributed by atoms with E-state index in [1.54, 1.807) is 0 Å². The van der Waals surface area contributed by atoms with Gasteiger partial charge in [0.15, 0.2) is 11.6 Å². The average molecular weight is 387 g/mol. The minimum absolute atomic E-state index is 0.0949. The summed E-state index contributed by atoms with van der Waals surface area (Å²) in [6, 6.07) is 4.12. The second kappa shape index (κ2) is 7.48. The van der Waals surface area contributed by atoms with Crippen molar-refractivity contribution in [1.82, 2.24) is 15.6 Å². The molecule has 3 rings (SSSR count). The zero-order valence-corrected chi connectivity index (χ0v) is 14.7. The summed E-state index contributed by atoms with van der Waals surface area (Å²) in [5.41, 5.74) is 0.389. The van der Waals surface area contributed by atoms with Gasteiger partial charge in [-0.15, -0.1) is 0 Å². The maximum absolute atomic E-state index is 13.2. The number of aliphatic imine (C=N–C) groups is 1. The summed E-state index contributed by atoms with van der Waals surface area (Å²) in [6.45, 7) is 5.96. The SMILES string of the molecule is [C-]#[N+]c1ccc(O)c(C(=O)NC2=NCC(F)(F)CN2)c1-c1ccncc1OC. The maximum atomic E-state index is 13.2. The van der Waals surface area contributed by atoms with Crippen LogP contribution in [0.4, 0.5) is 14.5 Å². The molecule has 1 aromatic heterocycles. The number of carbonyl (C=O) groups excluding carboxylic acids is 1. The molecule has 1 aliphatic heterocycles. The van der Waals surface area contributed by atoms with Crippen molar-refractivity contribution in [2.24, 2.45) is 4.99 Å². The number of methoxy groups -OCH3 is 1. The van der Waals surface area contributed by atoms with Crippen molar-refractivity contribution in [2.75, 3.05) is 20.2 Å². The summed E-state index contributed by atoms with van der Waals surface area (Å²) in [4.78, 5) is 23.8. The molecule has 0 aliphatic carbocycles. The van der Waals surface area contributed by atoms with Crippen LogP contribution in [-0.4, -0.2) is 48.1 Å². The van der Waals surface area contributed by atoms with Gasteiger partial charge in [-0.3, -0.25) is 15.1 Å². The molecule has 10 heteroatoms. The van der Waals surface area contributed by atoms with Crippen LogP contribution in [0.3, 0.4) is 0 Å². The molecule has 0 radical (unpaired) electrons. The van der Waals surface area contributed by atoms with E-state index in [1.165, 1.54) is 37.7 Å².